The Labute approximate surface area is 153 Å². The molecule has 0 saturated heterocycles. The first-order valence-electron chi connectivity index (χ1n) is 7.53. The molecule has 1 amide bonds. The Balaban J connectivity index is 1.82. The van der Waals surface area contributed by atoms with Gasteiger partial charge in [0, 0.05) is 16.9 Å². The Morgan fingerprint density at radius 3 is 2.40 bits per heavy atom. The van der Waals surface area contributed by atoms with Gasteiger partial charge in [-0.15, -0.1) is 0 Å². The van der Waals surface area contributed by atoms with E-state index in [4.69, 9.17) is 4.74 Å². The zero-order valence-electron chi connectivity index (χ0n) is 13.7. The molecule has 126 valence electrons. The number of ether oxygens (including phenoxy) is 1. The van der Waals surface area contributed by atoms with Crippen molar-refractivity contribution in [2.75, 3.05) is 5.32 Å². The van der Waals surface area contributed by atoms with E-state index < -0.39 is 0 Å². The van der Waals surface area contributed by atoms with Crippen molar-refractivity contribution < 1.29 is 9.53 Å². The van der Waals surface area contributed by atoms with E-state index >= 15 is 0 Å². The number of hydrogen-bond donors (Lipinski definition) is 1. The minimum absolute atomic E-state index is 0.239. The molecular formula is C18H15BrN4O2. The number of anilines is 1. The number of carbonyl (C=O) groups excluding carboxylic acids is 1. The summed E-state index contributed by atoms with van der Waals surface area (Å²) in [5, 5.41) is 2.83. The third-order valence-electron chi connectivity index (χ3n) is 3.41. The number of amides is 1. The number of aryl methyl sites for hydroxylation is 2. The highest BCUT2D eigenvalue weighted by Gasteiger charge is 2.14. The summed E-state index contributed by atoms with van der Waals surface area (Å²) >= 11 is 3.30. The van der Waals surface area contributed by atoms with Gasteiger partial charge in [-0.25, -0.2) is 0 Å². The lowest BCUT2D eigenvalue weighted by molar-refractivity contribution is 0.102. The van der Waals surface area contributed by atoms with Gasteiger partial charge in [-0.3, -0.25) is 9.78 Å². The molecule has 3 aromatic rings. The molecule has 0 spiro atoms. The van der Waals surface area contributed by atoms with E-state index in [1.54, 1.807) is 26.1 Å². The molecule has 2 heterocycles. The number of carbonyl (C=O) groups is 1. The molecule has 1 aromatic carbocycles. The second-order valence-corrected chi connectivity index (χ2v) is 6.23. The largest absolute Gasteiger partial charge is 0.424 e. The summed E-state index contributed by atoms with van der Waals surface area (Å²) in [7, 11) is 0. The molecule has 0 unspecified atom stereocenters. The van der Waals surface area contributed by atoms with Crippen LogP contribution in [-0.4, -0.2) is 20.9 Å². The Kier molecular flexibility index (Phi) is 5.04. The average Bonchev–Trinajstić information content (AvgIpc) is 2.59. The maximum Gasteiger partial charge on any atom is 0.322 e. The van der Waals surface area contributed by atoms with E-state index in [2.05, 4.69) is 36.2 Å². The lowest BCUT2D eigenvalue weighted by Crippen LogP contribution is -2.15. The van der Waals surface area contributed by atoms with Crippen LogP contribution in [0.5, 0.6) is 11.8 Å². The predicted molar refractivity (Wildman–Crippen MR) is 97.9 cm³/mol. The van der Waals surface area contributed by atoms with Gasteiger partial charge in [0.1, 0.15) is 5.75 Å². The number of benzene rings is 1. The van der Waals surface area contributed by atoms with Gasteiger partial charge >= 0.3 is 6.01 Å². The fourth-order valence-electron chi connectivity index (χ4n) is 2.23. The van der Waals surface area contributed by atoms with Crippen LogP contribution in [0.4, 0.5) is 5.69 Å². The van der Waals surface area contributed by atoms with Crippen LogP contribution in [0.15, 0.2) is 53.3 Å². The molecule has 0 radical (unpaired) electrons. The average molecular weight is 399 g/mol. The van der Waals surface area contributed by atoms with Crippen LogP contribution < -0.4 is 10.1 Å². The highest BCUT2D eigenvalue weighted by Crippen LogP contribution is 2.24. The van der Waals surface area contributed by atoms with Gasteiger partial charge < -0.3 is 10.1 Å². The summed E-state index contributed by atoms with van der Waals surface area (Å²) in [6.45, 7) is 3.59. The van der Waals surface area contributed by atoms with E-state index in [-0.39, 0.29) is 11.9 Å². The maximum absolute atomic E-state index is 12.4. The molecular weight excluding hydrogens is 384 g/mol. The van der Waals surface area contributed by atoms with E-state index in [9.17, 15) is 4.79 Å². The summed E-state index contributed by atoms with van der Waals surface area (Å²) in [6.07, 6.45) is 3.12. The third kappa shape index (κ3) is 4.19. The number of rotatable bonds is 4. The number of hydrogen-bond acceptors (Lipinski definition) is 5. The SMILES string of the molecule is Cc1nc(Oc2ccccc2)nc(C)c1NC(=O)c1cncc(Br)c1. The van der Waals surface area contributed by atoms with Crippen LogP contribution in [0, 0.1) is 13.8 Å². The predicted octanol–water partition coefficient (Wildman–Crippen LogP) is 4.30. The first-order valence-corrected chi connectivity index (χ1v) is 8.32. The minimum Gasteiger partial charge on any atom is -0.424 e. The Bertz CT molecular complexity index is 893. The molecule has 0 aliphatic rings. The number of halogens is 1. The smallest absolute Gasteiger partial charge is 0.322 e. The standard InChI is InChI=1S/C18H15BrN4O2/c1-11-16(23-17(24)13-8-14(19)10-20-9-13)12(2)22-18(21-11)25-15-6-4-3-5-7-15/h3-10H,1-2H3,(H,23,24). The van der Waals surface area contributed by atoms with E-state index in [0.717, 1.165) is 4.47 Å². The van der Waals surface area contributed by atoms with Gasteiger partial charge in [-0.05, 0) is 48.0 Å². The van der Waals surface area contributed by atoms with Crippen LogP contribution >= 0.6 is 15.9 Å². The molecule has 0 atom stereocenters. The fraction of sp³-hybridized carbons (Fsp3) is 0.111. The Hall–Kier alpha value is -2.80. The molecule has 7 heteroatoms. The third-order valence-corrected chi connectivity index (χ3v) is 3.84. The van der Waals surface area contributed by atoms with Crippen molar-refractivity contribution >= 4 is 27.5 Å². The van der Waals surface area contributed by atoms with Crippen LogP contribution in [0.2, 0.25) is 0 Å². The van der Waals surface area contributed by atoms with Crippen molar-refractivity contribution in [1.82, 2.24) is 15.0 Å². The van der Waals surface area contributed by atoms with Gasteiger partial charge in [-0.1, -0.05) is 18.2 Å². The summed E-state index contributed by atoms with van der Waals surface area (Å²) in [6, 6.07) is 11.2. The van der Waals surface area contributed by atoms with Crippen molar-refractivity contribution in [3.63, 3.8) is 0 Å². The highest BCUT2D eigenvalue weighted by molar-refractivity contribution is 9.10. The van der Waals surface area contributed by atoms with Crippen LogP contribution in [0.1, 0.15) is 21.7 Å². The molecule has 0 fully saturated rings. The lowest BCUT2D eigenvalue weighted by Gasteiger charge is -2.12. The molecule has 6 nitrogen and oxygen atoms in total. The van der Waals surface area contributed by atoms with Crippen LogP contribution in [-0.2, 0) is 0 Å². The lowest BCUT2D eigenvalue weighted by atomic mass is 10.2. The van der Waals surface area contributed by atoms with Gasteiger partial charge in [-0.2, -0.15) is 9.97 Å². The summed E-state index contributed by atoms with van der Waals surface area (Å²) in [5.74, 6) is 0.374. The van der Waals surface area contributed by atoms with Crippen molar-refractivity contribution in [3.05, 3.63) is 70.2 Å². The van der Waals surface area contributed by atoms with Gasteiger partial charge in [0.15, 0.2) is 0 Å². The van der Waals surface area contributed by atoms with Crippen molar-refractivity contribution in [3.8, 4) is 11.8 Å². The fourth-order valence-corrected chi connectivity index (χ4v) is 2.59. The molecule has 25 heavy (non-hydrogen) atoms. The first kappa shape index (κ1) is 17.0. The Morgan fingerprint density at radius 1 is 1.08 bits per heavy atom. The minimum atomic E-state index is -0.277. The van der Waals surface area contributed by atoms with Gasteiger partial charge in [0.25, 0.3) is 5.91 Å². The van der Waals surface area contributed by atoms with Crippen LogP contribution in [0.3, 0.4) is 0 Å². The van der Waals surface area contributed by atoms with Crippen LogP contribution in [0.25, 0.3) is 0 Å². The number of nitrogens with one attached hydrogen (secondary N) is 1. The van der Waals surface area contributed by atoms with E-state index in [0.29, 0.717) is 28.4 Å². The maximum atomic E-state index is 12.4. The number of para-hydroxylation sites is 1. The molecule has 0 bridgehead atoms. The molecule has 0 aliphatic carbocycles. The van der Waals surface area contributed by atoms with Gasteiger partial charge in [0.2, 0.25) is 0 Å². The van der Waals surface area contributed by atoms with Crippen molar-refractivity contribution in [1.29, 1.82) is 0 Å². The zero-order valence-corrected chi connectivity index (χ0v) is 15.2. The monoisotopic (exact) mass is 398 g/mol. The topological polar surface area (TPSA) is 77.0 Å². The molecule has 0 aliphatic heterocycles. The van der Waals surface area contributed by atoms with Crippen molar-refractivity contribution in [2.45, 2.75) is 13.8 Å². The quantitative estimate of drug-likeness (QED) is 0.708. The Morgan fingerprint density at radius 2 is 1.76 bits per heavy atom. The molecule has 1 N–H and O–H groups in total. The normalized spacial score (nSPS) is 10.4. The molecule has 0 saturated carbocycles. The number of pyridine rings is 1. The van der Waals surface area contributed by atoms with Crippen molar-refractivity contribution in [2.24, 2.45) is 0 Å². The second kappa shape index (κ2) is 7.40. The summed E-state index contributed by atoms with van der Waals surface area (Å²) < 4.78 is 6.38. The number of nitrogens with zero attached hydrogens (tertiary/aromatic N) is 3. The molecule has 3 rings (SSSR count). The number of aromatic nitrogens is 3. The van der Waals surface area contributed by atoms with E-state index in [1.165, 1.54) is 6.20 Å². The molecule has 2 aromatic heterocycles. The van der Waals surface area contributed by atoms with Gasteiger partial charge in [0.05, 0.1) is 22.6 Å². The highest BCUT2D eigenvalue weighted by atomic mass is 79.9. The summed E-state index contributed by atoms with van der Waals surface area (Å²) in [4.78, 5) is 25.0. The second-order valence-electron chi connectivity index (χ2n) is 5.31. The first-order chi connectivity index (χ1) is 12.0. The summed E-state index contributed by atoms with van der Waals surface area (Å²) in [5.41, 5.74) is 2.24. The zero-order chi connectivity index (χ0) is 17.8. The van der Waals surface area contributed by atoms with E-state index in [1.807, 2.05) is 30.3 Å².